The Bertz CT molecular complexity index is 538. The van der Waals surface area contributed by atoms with Gasteiger partial charge in [-0.3, -0.25) is 19.7 Å². The van der Waals surface area contributed by atoms with Crippen molar-refractivity contribution in [3.05, 3.63) is 39.9 Å². The Morgan fingerprint density at radius 2 is 2.05 bits per heavy atom. The van der Waals surface area contributed by atoms with Crippen LogP contribution < -0.4 is 16.8 Å². The molecule has 2 amide bonds. The van der Waals surface area contributed by atoms with Crippen LogP contribution in [0.15, 0.2) is 24.3 Å². The van der Waals surface area contributed by atoms with Gasteiger partial charge in [-0.15, -0.1) is 12.4 Å². The van der Waals surface area contributed by atoms with Crippen molar-refractivity contribution in [2.24, 2.45) is 11.5 Å². The maximum absolute atomic E-state index is 11.7. The molecule has 0 spiro atoms. The first-order chi connectivity index (χ1) is 9.31. The molecule has 0 saturated heterocycles. The molecule has 0 aliphatic heterocycles. The molecule has 8 nitrogen and oxygen atoms in total. The Balaban J connectivity index is 0.00000400. The van der Waals surface area contributed by atoms with Crippen molar-refractivity contribution >= 4 is 29.9 Å². The number of primary amides is 1. The monoisotopic (exact) mass is 316 g/mol. The molecule has 0 heterocycles. The van der Waals surface area contributed by atoms with E-state index in [2.05, 4.69) is 5.32 Å². The first kappa shape index (κ1) is 18.8. The Hall–Kier alpha value is -2.19. The fourth-order valence-electron chi connectivity index (χ4n) is 1.62. The van der Waals surface area contributed by atoms with Crippen LogP contribution >= 0.6 is 12.4 Å². The summed E-state index contributed by atoms with van der Waals surface area (Å²) in [5.41, 5.74) is 11.0. The van der Waals surface area contributed by atoms with Gasteiger partial charge in [-0.05, 0) is 12.5 Å². The average Bonchev–Trinajstić information content (AvgIpc) is 2.37. The number of rotatable bonds is 6. The van der Waals surface area contributed by atoms with Crippen molar-refractivity contribution in [3.8, 4) is 0 Å². The van der Waals surface area contributed by atoms with Crippen LogP contribution in [0.3, 0.4) is 0 Å². The molecule has 116 valence electrons. The van der Waals surface area contributed by atoms with Crippen molar-refractivity contribution in [2.45, 2.75) is 25.4 Å². The molecule has 0 aromatic heterocycles. The van der Waals surface area contributed by atoms with Gasteiger partial charge in [0.15, 0.2) is 0 Å². The van der Waals surface area contributed by atoms with Gasteiger partial charge in [0.2, 0.25) is 11.8 Å². The molecule has 5 N–H and O–H groups in total. The molecule has 1 rings (SSSR count). The van der Waals surface area contributed by atoms with Crippen LogP contribution in [-0.4, -0.2) is 22.8 Å². The van der Waals surface area contributed by atoms with Gasteiger partial charge in [-0.1, -0.05) is 12.1 Å². The highest BCUT2D eigenvalue weighted by Gasteiger charge is 2.19. The molecule has 0 fully saturated rings. The molecule has 9 heteroatoms. The lowest BCUT2D eigenvalue weighted by molar-refractivity contribution is -0.384. The smallest absolute Gasteiger partial charge is 0.269 e. The number of nitro benzene ring substituents is 1. The second-order valence-corrected chi connectivity index (χ2v) is 4.36. The lowest BCUT2D eigenvalue weighted by Crippen LogP contribution is -2.43. The minimum atomic E-state index is -1.03. The topological polar surface area (TPSA) is 141 Å². The number of nitro groups is 1. The molecular formula is C12H17ClN4O4. The zero-order valence-corrected chi connectivity index (χ0v) is 12.1. The summed E-state index contributed by atoms with van der Waals surface area (Å²) in [7, 11) is 0. The number of hydrogen-bond donors (Lipinski definition) is 3. The molecule has 0 aliphatic carbocycles. The van der Waals surface area contributed by atoms with E-state index in [0.717, 1.165) is 0 Å². The summed E-state index contributed by atoms with van der Waals surface area (Å²) >= 11 is 0. The maximum atomic E-state index is 11.7. The fourth-order valence-corrected chi connectivity index (χ4v) is 1.62. The van der Waals surface area contributed by atoms with Gasteiger partial charge in [0.05, 0.1) is 23.4 Å². The summed E-state index contributed by atoms with van der Waals surface area (Å²) in [6.07, 6.45) is -0.256. The Labute approximate surface area is 127 Å². The van der Waals surface area contributed by atoms with E-state index in [1.54, 1.807) is 13.0 Å². The highest BCUT2D eigenvalue weighted by Crippen LogP contribution is 2.18. The van der Waals surface area contributed by atoms with Crippen molar-refractivity contribution in [3.63, 3.8) is 0 Å². The molecule has 2 unspecified atom stereocenters. The SMILES string of the molecule is CC(NC(=O)C(N)CC(N)=O)c1cccc([N+](=O)[O-])c1.Cl. The van der Waals surface area contributed by atoms with E-state index >= 15 is 0 Å². The third-order valence-electron chi connectivity index (χ3n) is 2.70. The van der Waals surface area contributed by atoms with Gasteiger partial charge in [0.25, 0.3) is 5.69 Å². The quantitative estimate of drug-likeness (QED) is 0.514. The summed E-state index contributed by atoms with van der Waals surface area (Å²) in [5.74, 6) is -1.21. The average molecular weight is 317 g/mol. The van der Waals surface area contributed by atoms with Crippen LogP contribution in [-0.2, 0) is 9.59 Å². The number of nitrogens with one attached hydrogen (secondary N) is 1. The number of benzene rings is 1. The van der Waals surface area contributed by atoms with Crippen molar-refractivity contribution in [1.82, 2.24) is 5.32 Å². The summed E-state index contributed by atoms with van der Waals surface area (Å²) < 4.78 is 0. The highest BCUT2D eigenvalue weighted by atomic mass is 35.5. The first-order valence-electron chi connectivity index (χ1n) is 5.90. The molecule has 0 aliphatic rings. The molecule has 1 aromatic carbocycles. The number of carbonyl (C=O) groups is 2. The largest absolute Gasteiger partial charge is 0.370 e. The molecule has 0 saturated carbocycles. The second-order valence-electron chi connectivity index (χ2n) is 4.36. The number of carbonyl (C=O) groups excluding carboxylic acids is 2. The summed E-state index contributed by atoms with van der Waals surface area (Å²) in [5, 5.41) is 13.2. The zero-order valence-electron chi connectivity index (χ0n) is 11.3. The van der Waals surface area contributed by atoms with Gasteiger partial charge < -0.3 is 16.8 Å². The normalized spacial score (nSPS) is 12.7. The minimum Gasteiger partial charge on any atom is -0.370 e. The van der Waals surface area contributed by atoms with Gasteiger partial charge in [0.1, 0.15) is 0 Å². The number of hydrogen-bond acceptors (Lipinski definition) is 5. The number of non-ortho nitro benzene ring substituents is 1. The van der Waals surface area contributed by atoms with E-state index in [1.165, 1.54) is 18.2 Å². The molecule has 0 bridgehead atoms. The van der Waals surface area contributed by atoms with Gasteiger partial charge in [-0.2, -0.15) is 0 Å². The standard InChI is InChI=1S/C12H16N4O4.ClH/c1-7(15-12(18)10(13)6-11(14)17)8-3-2-4-9(5-8)16(19)20;/h2-5,7,10H,6,13H2,1H3,(H2,14,17)(H,15,18);1H. The first-order valence-corrected chi connectivity index (χ1v) is 5.90. The molecule has 2 atom stereocenters. The van der Waals surface area contributed by atoms with Crippen LogP contribution in [0.1, 0.15) is 24.9 Å². The predicted molar refractivity (Wildman–Crippen MR) is 78.7 cm³/mol. The van der Waals surface area contributed by atoms with Crippen LogP contribution in [0.5, 0.6) is 0 Å². The van der Waals surface area contributed by atoms with Crippen molar-refractivity contribution in [1.29, 1.82) is 0 Å². The summed E-state index contributed by atoms with van der Waals surface area (Å²) in [6, 6.07) is 4.40. The Kier molecular flexibility index (Phi) is 7.32. The fraction of sp³-hybridized carbons (Fsp3) is 0.333. The Morgan fingerprint density at radius 3 is 2.57 bits per heavy atom. The number of nitrogens with zero attached hydrogens (tertiary/aromatic N) is 1. The van der Waals surface area contributed by atoms with E-state index < -0.39 is 28.8 Å². The van der Waals surface area contributed by atoms with E-state index in [-0.39, 0.29) is 24.5 Å². The van der Waals surface area contributed by atoms with E-state index in [0.29, 0.717) is 5.56 Å². The van der Waals surface area contributed by atoms with Gasteiger partial charge in [-0.25, -0.2) is 0 Å². The number of nitrogens with two attached hydrogens (primary N) is 2. The van der Waals surface area contributed by atoms with E-state index in [9.17, 15) is 19.7 Å². The number of amides is 2. The maximum Gasteiger partial charge on any atom is 0.269 e. The molecule has 21 heavy (non-hydrogen) atoms. The lowest BCUT2D eigenvalue weighted by atomic mass is 10.1. The van der Waals surface area contributed by atoms with E-state index in [1.807, 2.05) is 0 Å². The lowest BCUT2D eigenvalue weighted by Gasteiger charge is -2.17. The molecular weight excluding hydrogens is 300 g/mol. The van der Waals surface area contributed by atoms with Crippen LogP contribution in [0.4, 0.5) is 5.69 Å². The van der Waals surface area contributed by atoms with Gasteiger partial charge >= 0.3 is 0 Å². The van der Waals surface area contributed by atoms with Crippen LogP contribution in [0.2, 0.25) is 0 Å². The van der Waals surface area contributed by atoms with Gasteiger partial charge in [0, 0.05) is 12.1 Å². The predicted octanol–water partition coefficient (Wildman–Crippen LogP) is 0.397. The molecule has 0 radical (unpaired) electrons. The third-order valence-corrected chi connectivity index (χ3v) is 2.70. The van der Waals surface area contributed by atoms with Crippen molar-refractivity contribution in [2.75, 3.05) is 0 Å². The summed E-state index contributed by atoms with van der Waals surface area (Å²) in [4.78, 5) is 32.5. The Morgan fingerprint density at radius 1 is 1.43 bits per heavy atom. The van der Waals surface area contributed by atoms with Crippen LogP contribution in [0, 0.1) is 10.1 Å². The highest BCUT2D eigenvalue weighted by molar-refractivity contribution is 5.87. The summed E-state index contributed by atoms with van der Waals surface area (Å²) in [6.45, 7) is 1.66. The second kappa shape index (κ2) is 8.18. The zero-order chi connectivity index (χ0) is 15.3. The number of halogens is 1. The van der Waals surface area contributed by atoms with Crippen LogP contribution in [0.25, 0.3) is 0 Å². The molecule has 1 aromatic rings. The minimum absolute atomic E-state index is 0. The third kappa shape index (κ3) is 5.76. The van der Waals surface area contributed by atoms with Crippen molar-refractivity contribution < 1.29 is 14.5 Å². The van der Waals surface area contributed by atoms with E-state index in [4.69, 9.17) is 11.5 Å².